The van der Waals surface area contributed by atoms with Gasteiger partial charge in [0.05, 0.1) is 12.7 Å². The molecule has 2 atom stereocenters. The number of anilines is 1. The smallest absolute Gasteiger partial charge is 0.221 e. The summed E-state index contributed by atoms with van der Waals surface area (Å²) in [6.07, 6.45) is 3.93. The van der Waals surface area contributed by atoms with Crippen LogP contribution < -0.4 is 15.4 Å². The molecule has 5 heteroatoms. The van der Waals surface area contributed by atoms with E-state index in [0.29, 0.717) is 17.8 Å². The molecule has 0 saturated carbocycles. The molecule has 1 aromatic rings. The molecule has 18 heavy (non-hydrogen) atoms. The summed E-state index contributed by atoms with van der Waals surface area (Å²) >= 11 is 0. The molecule has 2 rings (SSSR count). The first-order valence-electron chi connectivity index (χ1n) is 6.49. The quantitative estimate of drug-likeness (QED) is 0.877. The average molecular weight is 250 g/mol. The number of methoxy groups -OCH3 is 1. The SMILES string of the molecule is COc1ncnc(N2CC(CN)CCC2C)c1C. The molecule has 2 N–H and O–H groups in total. The van der Waals surface area contributed by atoms with Gasteiger partial charge >= 0.3 is 0 Å². The Balaban J connectivity index is 2.28. The van der Waals surface area contributed by atoms with Gasteiger partial charge in [-0.15, -0.1) is 0 Å². The van der Waals surface area contributed by atoms with Gasteiger partial charge in [-0.25, -0.2) is 9.97 Å². The number of aromatic nitrogens is 2. The van der Waals surface area contributed by atoms with Crippen LogP contribution in [-0.2, 0) is 0 Å². The van der Waals surface area contributed by atoms with Crippen molar-refractivity contribution in [3.8, 4) is 5.88 Å². The van der Waals surface area contributed by atoms with Crippen molar-refractivity contribution in [3.63, 3.8) is 0 Å². The van der Waals surface area contributed by atoms with Crippen LogP contribution >= 0.6 is 0 Å². The Hall–Kier alpha value is -1.36. The average Bonchev–Trinajstić information content (AvgIpc) is 2.40. The third kappa shape index (κ3) is 2.41. The van der Waals surface area contributed by atoms with E-state index in [1.807, 2.05) is 6.92 Å². The first kappa shape index (κ1) is 13.1. The van der Waals surface area contributed by atoms with Gasteiger partial charge in [0.2, 0.25) is 5.88 Å². The topological polar surface area (TPSA) is 64.3 Å². The lowest BCUT2D eigenvalue weighted by Gasteiger charge is -2.39. The standard InChI is InChI=1S/C13H22N4O/c1-9-4-5-11(6-14)7-17(9)12-10(2)13(18-3)16-8-15-12/h8-9,11H,4-7,14H2,1-3H3. The van der Waals surface area contributed by atoms with Crippen molar-refractivity contribution in [1.82, 2.24) is 9.97 Å². The van der Waals surface area contributed by atoms with E-state index in [1.165, 1.54) is 6.42 Å². The normalized spacial score (nSPS) is 24.1. The van der Waals surface area contributed by atoms with E-state index in [1.54, 1.807) is 13.4 Å². The molecule has 1 saturated heterocycles. The van der Waals surface area contributed by atoms with Crippen LogP contribution in [-0.4, -0.2) is 36.2 Å². The molecule has 2 heterocycles. The van der Waals surface area contributed by atoms with E-state index < -0.39 is 0 Å². The van der Waals surface area contributed by atoms with E-state index in [0.717, 1.165) is 30.9 Å². The fourth-order valence-electron chi connectivity index (χ4n) is 2.59. The summed E-state index contributed by atoms with van der Waals surface area (Å²) in [7, 11) is 1.64. The Morgan fingerprint density at radius 3 is 2.89 bits per heavy atom. The number of rotatable bonds is 3. The first-order valence-corrected chi connectivity index (χ1v) is 6.49. The molecule has 1 fully saturated rings. The highest BCUT2D eigenvalue weighted by atomic mass is 16.5. The van der Waals surface area contributed by atoms with Crippen LogP contribution in [0, 0.1) is 12.8 Å². The number of ether oxygens (including phenoxy) is 1. The predicted octanol–water partition coefficient (Wildman–Crippen LogP) is 1.36. The van der Waals surface area contributed by atoms with Gasteiger partial charge in [0, 0.05) is 12.6 Å². The molecular formula is C13H22N4O. The second-order valence-electron chi connectivity index (χ2n) is 5.01. The highest BCUT2D eigenvalue weighted by molar-refractivity contribution is 5.51. The second kappa shape index (κ2) is 5.52. The highest BCUT2D eigenvalue weighted by Crippen LogP contribution is 2.30. The highest BCUT2D eigenvalue weighted by Gasteiger charge is 2.27. The van der Waals surface area contributed by atoms with Crippen molar-refractivity contribution < 1.29 is 4.74 Å². The van der Waals surface area contributed by atoms with Crippen LogP contribution in [0.25, 0.3) is 0 Å². The third-order valence-corrected chi connectivity index (χ3v) is 3.79. The van der Waals surface area contributed by atoms with E-state index in [-0.39, 0.29) is 0 Å². The fourth-order valence-corrected chi connectivity index (χ4v) is 2.59. The Morgan fingerprint density at radius 2 is 2.22 bits per heavy atom. The van der Waals surface area contributed by atoms with E-state index in [9.17, 15) is 0 Å². The summed E-state index contributed by atoms with van der Waals surface area (Å²) in [5, 5.41) is 0. The predicted molar refractivity (Wildman–Crippen MR) is 71.9 cm³/mol. The van der Waals surface area contributed by atoms with Crippen molar-refractivity contribution in [1.29, 1.82) is 0 Å². The molecule has 0 radical (unpaired) electrons. The van der Waals surface area contributed by atoms with Crippen LogP contribution in [0.15, 0.2) is 6.33 Å². The van der Waals surface area contributed by atoms with Crippen LogP contribution in [0.2, 0.25) is 0 Å². The minimum absolute atomic E-state index is 0.492. The minimum atomic E-state index is 0.492. The monoisotopic (exact) mass is 250 g/mol. The van der Waals surface area contributed by atoms with Gasteiger partial charge in [0.15, 0.2) is 0 Å². The van der Waals surface area contributed by atoms with Crippen molar-refractivity contribution >= 4 is 5.82 Å². The van der Waals surface area contributed by atoms with Crippen LogP contribution in [0.3, 0.4) is 0 Å². The zero-order chi connectivity index (χ0) is 13.1. The van der Waals surface area contributed by atoms with Crippen molar-refractivity contribution in [2.24, 2.45) is 11.7 Å². The molecular weight excluding hydrogens is 228 g/mol. The van der Waals surface area contributed by atoms with Gasteiger partial charge in [-0.3, -0.25) is 0 Å². The summed E-state index contributed by atoms with van der Waals surface area (Å²) in [6, 6.07) is 0.492. The number of nitrogens with zero attached hydrogens (tertiary/aromatic N) is 3. The second-order valence-corrected chi connectivity index (χ2v) is 5.01. The van der Waals surface area contributed by atoms with E-state index in [4.69, 9.17) is 10.5 Å². The molecule has 100 valence electrons. The lowest BCUT2D eigenvalue weighted by Crippen LogP contribution is -2.44. The molecule has 0 bridgehead atoms. The lowest BCUT2D eigenvalue weighted by molar-refractivity contribution is 0.367. The van der Waals surface area contributed by atoms with Gasteiger partial charge in [0.25, 0.3) is 0 Å². The maximum Gasteiger partial charge on any atom is 0.221 e. The molecule has 1 aliphatic rings. The maximum absolute atomic E-state index is 5.80. The fraction of sp³-hybridized carbons (Fsp3) is 0.692. The Morgan fingerprint density at radius 1 is 1.44 bits per heavy atom. The number of hydrogen-bond acceptors (Lipinski definition) is 5. The number of piperidine rings is 1. The van der Waals surface area contributed by atoms with Gasteiger partial charge in [-0.2, -0.15) is 0 Å². The van der Waals surface area contributed by atoms with Crippen LogP contribution in [0.1, 0.15) is 25.3 Å². The molecule has 2 unspecified atom stereocenters. The molecule has 5 nitrogen and oxygen atoms in total. The Labute approximate surface area is 108 Å². The molecule has 0 spiro atoms. The molecule has 0 amide bonds. The largest absolute Gasteiger partial charge is 0.481 e. The zero-order valence-corrected chi connectivity index (χ0v) is 11.4. The molecule has 0 aromatic carbocycles. The van der Waals surface area contributed by atoms with Crippen molar-refractivity contribution in [2.75, 3.05) is 25.1 Å². The number of nitrogens with two attached hydrogens (primary N) is 1. The van der Waals surface area contributed by atoms with Crippen LogP contribution in [0.5, 0.6) is 5.88 Å². The van der Waals surface area contributed by atoms with Crippen molar-refractivity contribution in [3.05, 3.63) is 11.9 Å². The Bertz CT molecular complexity index is 410. The van der Waals surface area contributed by atoms with Gasteiger partial charge in [-0.1, -0.05) is 0 Å². The first-order chi connectivity index (χ1) is 8.67. The molecule has 1 aromatic heterocycles. The zero-order valence-electron chi connectivity index (χ0n) is 11.4. The maximum atomic E-state index is 5.80. The molecule has 0 aliphatic carbocycles. The summed E-state index contributed by atoms with van der Waals surface area (Å²) in [4.78, 5) is 10.9. The van der Waals surface area contributed by atoms with Crippen molar-refractivity contribution in [2.45, 2.75) is 32.7 Å². The van der Waals surface area contributed by atoms with Gasteiger partial charge in [0.1, 0.15) is 12.1 Å². The van der Waals surface area contributed by atoms with E-state index in [2.05, 4.69) is 21.8 Å². The van der Waals surface area contributed by atoms with Gasteiger partial charge < -0.3 is 15.4 Å². The number of hydrogen-bond donors (Lipinski definition) is 1. The summed E-state index contributed by atoms with van der Waals surface area (Å²) < 4.78 is 5.26. The Kier molecular flexibility index (Phi) is 4.01. The van der Waals surface area contributed by atoms with Crippen LogP contribution in [0.4, 0.5) is 5.82 Å². The van der Waals surface area contributed by atoms with E-state index >= 15 is 0 Å². The summed E-state index contributed by atoms with van der Waals surface area (Å²) in [6.45, 7) is 5.96. The molecule has 1 aliphatic heterocycles. The summed E-state index contributed by atoms with van der Waals surface area (Å²) in [5.41, 5.74) is 6.80. The summed E-state index contributed by atoms with van der Waals surface area (Å²) in [5.74, 6) is 2.19. The third-order valence-electron chi connectivity index (χ3n) is 3.79. The van der Waals surface area contributed by atoms with Gasteiger partial charge in [-0.05, 0) is 39.2 Å². The lowest BCUT2D eigenvalue weighted by atomic mass is 9.93. The minimum Gasteiger partial charge on any atom is -0.481 e.